The number of benzene rings is 1. The van der Waals surface area contributed by atoms with Gasteiger partial charge in [-0.15, -0.1) is 11.8 Å². The molecule has 0 aliphatic carbocycles. The van der Waals surface area contributed by atoms with E-state index in [0.29, 0.717) is 12.5 Å². The predicted molar refractivity (Wildman–Crippen MR) is 77.5 cm³/mol. The first-order valence-electron chi connectivity index (χ1n) is 6.19. The molecule has 0 aliphatic heterocycles. The fraction of sp³-hybridized carbons (Fsp3) is 0.500. The Bertz CT molecular complexity index is 393. The summed E-state index contributed by atoms with van der Waals surface area (Å²) < 4.78 is 0. The van der Waals surface area contributed by atoms with Gasteiger partial charge in [-0.05, 0) is 30.2 Å². The van der Waals surface area contributed by atoms with Gasteiger partial charge in [-0.1, -0.05) is 32.0 Å². The lowest BCUT2D eigenvalue weighted by molar-refractivity contribution is -0.122. The van der Waals surface area contributed by atoms with Gasteiger partial charge in [0.25, 0.3) is 0 Å². The number of hydrogen-bond donors (Lipinski definition) is 2. The molecule has 1 amide bonds. The Morgan fingerprint density at radius 1 is 1.39 bits per heavy atom. The molecular weight excluding hydrogens is 244 g/mol. The first-order chi connectivity index (χ1) is 8.54. The summed E-state index contributed by atoms with van der Waals surface area (Å²) in [4.78, 5) is 13.0. The normalized spacial score (nSPS) is 12.5. The molecule has 1 aromatic rings. The minimum absolute atomic E-state index is 0.0698. The fourth-order valence-electron chi connectivity index (χ4n) is 1.78. The monoisotopic (exact) mass is 266 g/mol. The van der Waals surface area contributed by atoms with Crippen LogP contribution in [0.4, 0.5) is 0 Å². The standard InChI is InChI=1S/C14H22N2OS/c1-10(2)8-12(15)14(17)16-9-11-6-4-5-7-13(11)18-3/h4-7,10,12H,8-9,15H2,1-3H3,(H,16,17)/t12-/m0/s1. The third-order valence-electron chi connectivity index (χ3n) is 2.71. The summed E-state index contributed by atoms with van der Waals surface area (Å²) in [6, 6.07) is 7.66. The minimum atomic E-state index is -0.411. The van der Waals surface area contributed by atoms with E-state index in [1.54, 1.807) is 11.8 Å². The number of nitrogens with two attached hydrogens (primary N) is 1. The maximum absolute atomic E-state index is 11.8. The molecular formula is C14H22N2OS. The lowest BCUT2D eigenvalue weighted by Gasteiger charge is -2.15. The van der Waals surface area contributed by atoms with Crippen LogP contribution < -0.4 is 11.1 Å². The second kappa shape index (κ2) is 7.44. The Balaban J connectivity index is 2.52. The molecule has 0 saturated carbocycles. The van der Waals surface area contributed by atoms with E-state index in [2.05, 4.69) is 25.2 Å². The predicted octanol–water partition coefficient (Wildman–Crippen LogP) is 2.40. The summed E-state index contributed by atoms with van der Waals surface area (Å²) in [6.07, 6.45) is 2.75. The highest BCUT2D eigenvalue weighted by Crippen LogP contribution is 2.19. The van der Waals surface area contributed by atoms with E-state index in [9.17, 15) is 4.79 Å². The van der Waals surface area contributed by atoms with Crippen molar-refractivity contribution in [3.8, 4) is 0 Å². The van der Waals surface area contributed by atoms with E-state index in [1.807, 2.05) is 24.5 Å². The summed E-state index contributed by atoms with van der Waals surface area (Å²) in [6.45, 7) is 4.67. The van der Waals surface area contributed by atoms with Crippen LogP contribution in [0.15, 0.2) is 29.2 Å². The molecule has 0 unspecified atom stereocenters. The van der Waals surface area contributed by atoms with Gasteiger partial charge in [0.1, 0.15) is 0 Å². The van der Waals surface area contributed by atoms with Gasteiger partial charge in [0.05, 0.1) is 6.04 Å². The third-order valence-corrected chi connectivity index (χ3v) is 3.55. The van der Waals surface area contributed by atoms with Crippen molar-refractivity contribution in [1.82, 2.24) is 5.32 Å². The van der Waals surface area contributed by atoms with Crippen LogP contribution in [0, 0.1) is 5.92 Å². The van der Waals surface area contributed by atoms with Crippen molar-refractivity contribution in [1.29, 1.82) is 0 Å². The topological polar surface area (TPSA) is 55.1 Å². The molecule has 1 atom stereocenters. The van der Waals surface area contributed by atoms with Gasteiger partial charge in [0.2, 0.25) is 5.91 Å². The van der Waals surface area contributed by atoms with E-state index in [4.69, 9.17) is 5.73 Å². The zero-order chi connectivity index (χ0) is 13.5. The van der Waals surface area contributed by atoms with Crippen LogP contribution in [0.25, 0.3) is 0 Å². The van der Waals surface area contributed by atoms with Gasteiger partial charge in [-0.25, -0.2) is 0 Å². The number of carbonyl (C=O) groups is 1. The van der Waals surface area contributed by atoms with E-state index >= 15 is 0 Å². The highest BCUT2D eigenvalue weighted by Gasteiger charge is 2.14. The Morgan fingerprint density at radius 2 is 2.06 bits per heavy atom. The summed E-state index contributed by atoms with van der Waals surface area (Å²) in [7, 11) is 0. The Labute approximate surface area is 114 Å². The lowest BCUT2D eigenvalue weighted by atomic mass is 10.0. The molecule has 0 radical (unpaired) electrons. The molecule has 0 bridgehead atoms. The molecule has 3 N–H and O–H groups in total. The average Bonchev–Trinajstić information content (AvgIpc) is 2.35. The van der Waals surface area contributed by atoms with E-state index in [-0.39, 0.29) is 5.91 Å². The molecule has 0 spiro atoms. The van der Waals surface area contributed by atoms with E-state index in [0.717, 1.165) is 12.0 Å². The SMILES string of the molecule is CSc1ccccc1CNC(=O)[C@@H](N)CC(C)C. The quantitative estimate of drug-likeness (QED) is 0.777. The molecule has 4 heteroatoms. The van der Waals surface area contributed by atoms with Gasteiger partial charge in [0.15, 0.2) is 0 Å². The van der Waals surface area contributed by atoms with Crippen LogP contribution in [0.1, 0.15) is 25.8 Å². The minimum Gasteiger partial charge on any atom is -0.351 e. The van der Waals surface area contributed by atoms with Gasteiger partial charge in [0, 0.05) is 11.4 Å². The van der Waals surface area contributed by atoms with Crippen LogP contribution in [-0.4, -0.2) is 18.2 Å². The smallest absolute Gasteiger partial charge is 0.237 e. The molecule has 18 heavy (non-hydrogen) atoms. The van der Waals surface area contributed by atoms with Crippen molar-refractivity contribution in [2.24, 2.45) is 11.7 Å². The number of rotatable bonds is 6. The van der Waals surface area contributed by atoms with Crippen molar-refractivity contribution in [2.75, 3.05) is 6.26 Å². The zero-order valence-corrected chi connectivity index (χ0v) is 12.1. The number of nitrogens with one attached hydrogen (secondary N) is 1. The van der Waals surface area contributed by atoms with E-state index in [1.165, 1.54) is 4.90 Å². The van der Waals surface area contributed by atoms with Gasteiger partial charge >= 0.3 is 0 Å². The van der Waals surface area contributed by atoms with Crippen molar-refractivity contribution < 1.29 is 4.79 Å². The first kappa shape index (κ1) is 15.1. The Hall–Kier alpha value is -1.00. The summed E-state index contributed by atoms with van der Waals surface area (Å²) in [5, 5.41) is 2.90. The first-order valence-corrected chi connectivity index (χ1v) is 7.42. The van der Waals surface area contributed by atoms with Crippen molar-refractivity contribution in [3.05, 3.63) is 29.8 Å². The van der Waals surface area contributed by atoms with Crippen molar-refractivity contribution in [2.45, 2.75) is 37.8 Å². The number of carbonyl (C=O) groups excluding carboxylic acids is 1. The van der Waals surface area contributed by atoms with Crippen LogP contribution >= 0.6 is 11.8 Å². The number of hydrogen-bond acceptors (Lipinski definition) is 3. The molecule has 0 heterocycles. The molecule has 0 saturated heterocycles. The highest BCUT2D eigenvalue weighted by molar-refractivity contribution is 7.98. The van der Waals surface area contributed by atoms with Crippen LogP contribution in [-0.2, 0) is 11.3 Å². The van der Waals surface area contributed by atoms with Gasteiger partial charge in [-0.2, -0.15) is 0 Å². The number of amides is 1. The van der Waals surface area contributed by atoms with Crippen LogP contribution in [0.5, 0.6) is 0 Å². The molecule has 3 nitrogen and oxygen atoms in total. The lowest BCUT2D eigenvalue weighted by Crippen LogP contribution is -2.41. The summed E-state index contributed by atoms with van der Waals surface area (Å²) in [5.74, 6) is 0.365. The third kappa shape index (κ3) is 4.70. The second-order valence-electron chi connectivity index (χ2n) is 4.77. The van der Waals surface area contributed by atoms with Gasteiger partial charge < -0.3 is 11.1 Å². The molecule has 100 valence electrons. The van der Waals surface area contributed by atoms with Crippen molar-refractivity contribution >= 4 is 17.7 Å². The van der Waals surface area contributed by atoms with Crippen LogP contribution in [0.3, 0.4) is 0 Å². The summed E-state index contributed by atoms with van der Waals surface area (Å²) >= 11 is 1.68. The Kier molecular flexibility index (Phi) is 6.22. The molecule has 1 rings (SSSR count). The molecule has 1 aromatic carbocycles. The fourth-order valence-corrected chi connectivity index (χ4v) is 2.39. The molecule has 0 fully saturated rings. The maximum atomic E-state index is 11.8. The van der Waals surface area contributed by atoms with E-state index < -0.39 is 6.04 Å². The second-order valence-corrected chi connectivity index (χ2v) is 5.61. The maximum Gasteiger partial charge on any atom is 0.237 e. The number of thioether (sulfide) groups is 1. The molecule has 0 aromatic heterocycles. The Morgan fingerprint density at radius 3 is 2.67 bits per heavy atom. The van der Waals surface area contributed by atoms with Crippen LogP contribution in [0.2, 0.25) is 0 Å². The van der Waals surface area contributed by atoms with Gasteiger partial charge in [-0.3, -0.25) is 4.79 Å². The van der Waals surface area contributed by atoms with Crippen molar-refractivity contribution in [3.63, 3.8) is 0 Å². The zero-order valence-electron chi connectivity index (χ0n) is 11.3. The largest absolute Gasteiger partial charge is 0.351 e. The average molecular weight is 266 g/mol. The highest BCUT2D eigenvalue weighted by atomic mass is 32.2. The molecule has 0 aliphatic rings. The summed E-state index contributed by atoms with van der Waals surface area (Å²) in [5.41, 5.74) is 6.97.